The fourth-order valence-corrected chi connectivity index (χ4v) is 3.66. The molecule has 0 saturated carbocycles. The summed E-state index contributed by atoms with van der Waals surface area (Å²) in [7, 11) is 0. The molecule has 0 bridgehead atoms. The molecule has 0 spiro atoms. The average molecular weight is 396 g/mol. The first-order chi connectivity index (χ1) is 13.1. The highest BCUT2D eigenvalue weighted by Gasteiger charge is 2.14. The van der Waals surface area contributed by atoms with Gasteiger partial charge in [-0.3, -0.25) is 9.59 Å². The van der Waals surface area contributed by atoms with Crippen LogP contribution in [0, 0.1) is 0 Å². The average Bonchev–Trinajstić information content (AvgIpc) is 3.20. The molecule has 0 fully saturated rings. The summed E-state index contributed by atoms with van der Waals surface area (Å²) in [5.41, 5.74) is 3.68. The number of carbonyl (C=O) groups is 1. The molecule has 0 saturated heterocycles. The van der Waals surface area contributed by atoms with E-state index >= 15 is 0 Å². The minimum absolute atomic E-state index is 0.118. The highest BCUT2D eigenvalue weighted by atomic mass is 35.5. The first-order valence-electron chi connectivity index (χ1n) is 8.22. The second-order valence-electron chi connectivity index (χ2n) is 5.93. The molecule has 0 aliphatic rings. The minimum atomic E-state index is -0.365. The molecule has 0 atom stereocenters. The van der Waals surface area contributed by atoms with Gasteiger partial charge in [-0.05, 0) is 35.2 Å². The normalized spacial score (nSPS) is 10.9. The van der Waals surface area contributed by atoms with E-state index in [4.69, 9.17) is 11.6 Å². The van der Waals surface area contributed by atoms with Gasteiger partial charge in [-0.25, -0.2) is 5.43 Å². The Morgan fingerprint density at radius 1 is 1.04 bits per heavy atom. The van der Waals surface area contributed by atoms with Crippen molar-refractivity contribution < 1.29 is 4.79 Å². The van der Waals surface area contributed by atoms with Crippen LogP contribution in [0.25, 0.3) is 21.3 Å². The van der Waals surface area contributed by atoms with Crippen LogP contribution >= 0.6 is 22.9 Å². The van der Waals surface area contributed by atoms with Gasteiger partial charge in [0.1, 0.15) is 5.69 Å². The SMILES string of the molecule is O=C(Cc1ccc(Cl)cc1)Nn1nc(-c2cccs2)c2ccccc2c1=O. The van der Waals surface area contributed by atoms with E-state index in [-0.39, 0.29) is 17.9 Å². The van der Waals surface area contributed by atoms with Gasteiger partial charge in [0.15, 0.2) is 0 Å². The maximum atomic E-state index is 12.8. The van der Waals surface area contributed by atoms with Crippen LogP contribution in [-0.2, 0) is 11.2 Å². The maximum absolute atomic E-state index is 12.8. The molecule has 1 amide bonds. The van der Waals surface area contributed by atoms with E-state index in [1.165, 1.54) is 11.3 Å². The Labute approximate surface area is 163 Å². The number of rotatable bonds is 4. The van der Waals surface area contributed by atoms with Crippen LogP contribution in [0.3, 0.4) is 0 Å². The summed E-state index contributed by atoms with van der Waals surface area (Å²) in [6.45, 7) is 0. The van der Waals surface area contributed by atoms with Crippen molar-refractivity contribution in [3.63, 3.8) is 0 Å². The predicted octanol–water partition coefficient (Wildman–Crippen LogP) is 4.09. The van der Waals surface area contributed by atoms with Crippen LogP contribution in [0.1, 0.15) is 5.56 Å². The maximum Gasteiger partial charge on any atom is 0.294 e. The van der Waals surface area contributed by atoms with Crippen molar-refractivity contribution in [3.05, 3.63) is 87.0 Å². The fraction of sp³-hybridized carbons (Fsp3) is 0.0500. The number of benzene rings is 2. The summed E-state index contributed by atoms with van der Waals surface area (Å²) >= 11 is 7.39. The van der Waals surface area contributed by atoms with Gasteiger partial charge in [-0.2, -0.15) is 0 Å². The largest absolute Gasteiger partial charge is 0.294 e. The smallest absolute Gasteiger partial charge is 0.273 e. The number of hydrogen-bond donors (Lipinski definition) is 1. The second-order valence-corrected chi connectivity index (χ2v) is 7.31. The van der Waals surface area contributed by atoms with Crippen LogP contribution in [0.15, 0.2) is 70.8 Å². The number of thiophene rings is 1. The lowest BCUT2D eigenvalue weighted by atomic mass is 10.1. The first kappa shape index (κ1) is 17.5. The Bertz CT molecular complexity index is 1170. The van der Waals surface area contributed by atoms with Gasteiger partial charge in [0, 0.05) is 10.4 Å². The molecule has 5 nitrogen and oxygen atoms in total. The Hall–Kier alpha value is -2.96. The third-order valence-corrected chi connectivity index (χ3v) is 5.20. The van der Waals surface area contributed by atoms with Crippen molar-refractivity contribution in [1.82, 2.24) is 9.89 Å². The number of carbonyl (C=O) groups excluding carboxylic acids is 1. The minimum Gasteiger partial charge on any atom is -0.273 e. The standard InChI is InChI=1S/C20H14ClN3O2S/c21-14-9-7-13(8-10-14)12-18(25)22-24-20(26)16-5-2-1-4-15(16)19(23-24)17-6-3-11-27-17/h1-11H,12H2,(H,22,25). The third-order valence-electron chi connectivity index (χ3n) is 4.07. The number of amides is 1. The molecule has 0 aliphatic heterocycles. The van der Waals surface area contributed by atoms with E-state index in [1.54, 1.807) is 36.4 Å². The van der Waals surface area contributed by atoms with Crippen LogP contribution in [0.5, 0.6) is 0 Å². The summed E-state index contributed by atoms with van der Waals surface area (Å²) < 4.78 is 0. The summed E-state index contributed by atoms with van der Waals surface area (Å²) in [5, 5.41) is 8.21. The van der Waals surface area contributed by atoms with Crippen molar-refractivity contribution in [1.29, 1.82) is 0 Å². The number of fused-ring (bicyclic) bond motifs is 1. The molecule has 134 valence electrons. The van der Waals surface area contributed by atoms with Crippen LogP contribution in [0.2, 0.25) is 5.02 Å². The molecule has 0 unspecified atom stereocenters. The van der Waals surface area contributed by atoms with Crippen LogP contribution in [-0.4, -0.2) is 15.8 Å². The zero-order chi connectivity index (χ0) is 18.8. The van der Waals surface area contributed by atoms with E-state index < -0.39 is 0 Å². The topological polar surface area (TPSA) is 64.0 Å². The Morgan fingerprint density at radius 2 is 1.78 bits per heavy atom. The van der Waals surface area contributed by atoms with Gasteiger partial charge in [0.2, 0.25) is 5.91 Å². The summed E-state index contributed by atoms with van der Waals surface area (Å²) in [5.74, 6) is -0.334. The molecule has 0 aliphatic carbocycles. The molecular formula is C20H14ClN3O2S. The highest BCUT2D eigenvalue weighted by molar-refractivity contribution is 7.13. The van der Waals surface area contributed by atoms with E-state index in [9.17, 15) is 9.59 Å². The second kappa shape index (κ2) is 7.34. The number of nitrogens with one attached hydrogen (secondary N) is 1. The molecule has 4 aromatic rings. The number of nitrogens with zero attached hydrogens (tertiary/aromatic N) is 2. The van der Waals surface area contributed by atoms with Crippen molar-refractivity contribution >= 4 is 39.6 Å². The number of halogens is 1. The lowest BCUT2D eigenvalue weighted by Crippen LogP contribution is -2.36. The Morgan fingerprint density at radius 3 is 2.48 bits per heavy atom. The molecular weight excluding hydrogens is 382 g/mol. The molecule has 2 aromatic carbocycles. The lowest BCUT2D eigenvalue weighted by Gasteiger charge is -2.11. The van der Waals surface area contributed by atoms with Crippen molar-refractivity contribution in [2.24, 2.45) is 0 Å². The zero-order valence-corrected chi connectivity index (χ0v) is 15.6. The van der Waals surface area contributed by atoms with Gasteiger partial charge in [0.05, 0.1) is 16.7 Å². The van der Waals surface area contributed by atoms with Gasteiger partial charge in [0.25, 0.3) is 5.56 Å². The molecule has 7 heteroatoms. The first-order valence-corrected chi connectivity index (χ1v) is 9.48. The van der Waals surface area contributed by atoms with Gasteiger partial charge in [-0.15, -0.1) is 21.2 Å². The highest BCUT2D eigenvalue weighted by Crippen LogP contribution is 2.28. The summed E-state index contributed by atoms with van der Waals surface area (Å²) in [6, 6.07) is 18.1. The van der Waals surface area contributed by atoms with Crippen molar-refractivity contribution in [2.75, 3.05) is 5.43 Å². The van der Waals surface area contributed by atoms with E-state index in [0.717, 1.165) is 20.6 Å². The molecule has 0 radical (unpaired) electrons. The van der Waals surface area contributed by atoms with Crippen molar-refractivity contribution in [3.8, 4) is 10.6 Å². The van der Waals surface area contributed by atoms with Crippen LogP contribution < -0.4 is 11.0 Å². The molecule has 2 aromatic heterocycles. The summed E-state index contributed by atoms with van der Waals surface area (Å²) in [6.07, 6.45) is 0.118. The van der Waals surface area contributed by atoms with Crippen molar-refractivity contribution in [2.45, 2.75) is 6.42 Å². The zero-order valence-electron chi connectivity index (χ0n) is 14.1. The monoisotopic (exact) mass is 395 g/mol. The van der Waals surface area contributed by atoms with Gasteiger partial charge < -0.3 is 0 Å². The third kappa shape index (κ3) is 3.63. The fourth-order valence-electron chi connectivity index (χ4n) is 2.81. The number of aromatic nitrogens is 2. The number of hydrogen-bond acceptors (Lipinski definition) is 4. The van der Waals surface area contributed by atoms with E-state index in [2.05, 4.69) is 10.5 Å². The van der Waals surface area contributed by atoms with E-state index in [1.807, 2.05) is 29.6 Å². The molecule has 27 heavy (non-hydrogen) atoms. The van der Waals surface area contributed by atoms with E-state index in [0.29, 0.717) is 16.1 Å². The lowest BCUT2D eigenvalue weighted by molar-refractivity contribution is -0.116. The Balaban J connectivity index is 1.71. The van der Waals surface area contributed by atoms with Crippen LogP contribution in [0.4, 0.5) is 0 Å². The molecule has 4 rings (SSSR count). The predicted molar refractivity (Wildman–Crippen MR) is 109 cm³/mol. The molecule has 1 N–H and O–H groups in total. The summed E-state index contributed by atoms with van der Waals surface area (Å²) in [4.78, 5) is 27.1. The molecule has 2 heterocycles. The Kier molecular flexibility index (Phi) is 4.75. The van der Waals surface area contributed by atoms with Gasteiger partial charge in [-0.1, -0.05) is 48.0 Å². The van der Waals surface area contributed by atoms with Gasteiger partial charge >= 0.3 is 0 Å². The quantitative estimate of drug-likeness (QED) is 0.566.